The molecule has 2 N–H and O–H groups in total. The number of nitrogens with zero attached hydrogens (tertiary/aromatic N) is 2. The molecule has 0 bridgehead atoms. The molecule has 94 valence electrons. The van der Waals surface area contributed by atoms with Crippen molar-refractivity contribution in [3.8, 4) is 11.3 Å². The van der Waals surface area contributed by atoms with E-state index in [1.165, 1.54) is 16.7 Å². The van der Waals surface area contributed by atoms with Crippen molar-refractivity contribution < 1.29 is 0 Å². The van der Waals surface area contributed by atoms with Gasteiger partial charge in [0, 0.05) is 23.7 Å². The molecular weight excluding hydrogens is 236 g/mol. The lowest BCUT2D eigenvalue weighted by molar-refractivity contribution is 0.644. The van der Waals surface area contributed by atoms with E-state index in [2.05, 4.69) is 38.5 Å². The van der Waals surface area contributed by atoms with Gasteiger partial charge in [0.25, 0.3) is 0 Å². The number of rotatable bonds is 1. The minimum absolute atomic E-state index is 0.893. The van der Waals surface area contributed by atoms with E-state index in [-0.39, 0.29) is 0 Å². The highest BCUT2D eigenvalue weighted by molar-refractivity contribution is 5.90. The fourth-order valence-corrected chi connectivity index (χ4v) is 2.73. The number of nitrogens with one attached hydrogen (secondary N) is 2. The van der Waals surface area contributed by atoms with Gasteiger partial charge < -0.3 is 10.3 Å². The SMILES string of the molecule is c1nc(-c2ccc3c(c2)CCNC3)c2cc[nH]c2n1. The van der Waals surface area contributed by atoms with Crippen LogP contribution >= 0.6 is 0 Å². The molecule has 1 aliphatic rings. The van der Waals surface area contributed by atoms with E-state index in [1.807, 2.05) is 12.3 Å². The van der Waals surface area contributed by atoms with Gasteiger partial charge in [-0.15, -0.1) is 0 Å². The van der Waals surface area contributed by atoms with Crippen LogP contribution in [0.3, 0.4) is 0 Å². The zero-order valence-corrected chi connectivity index (χ0v) is 10.5. The summed E-state index contributed by atoms with van der Waals surface area (Å²) in [5, 5.41) is 4.48. The zero-order valence-electron chi connectivity index (χ0n) is 10.5. The molecule has 0 saturated heterocycles. The number of hydrogen-bond donors (Lipinski definition) is 2. The third-order valence-electron chi connectivity index (χ3n) is 3.72. The van der Waals surface area contributed by atoms with E-state index in [9.17, 15) is 0 Å². The molecule has 1 aliphatic heterocycles. The standard InChI is InChI=1S/C15H14N4/c1-2-12-8-16-5-3-10(12)7-11(1)14-13-4-6-17-15(13)19-9-18-14/h1-2,4,6-7,9,16H,3,5,8H2,(H,17,18,19). The largest absolute Gasteiger partial charge is 0.346 e. The first kappa shape index (κ1) is 10.7. The highest BCUT2D eigenvalue weighted by atomic mass is 14.9. The van der Waals surface area contributed by atoms with Crippen molar-refractivity contribution in [2.24, 2.45) is 0 Å². The average molecular weight is 250 g/mol. The van der Waals surface area contributed by atoms with E-state index < -0.39 is 0 Å². The fraction of sp³-hybridized carbons (Fsp3) is 0.200. The molecular formula is C15H14N4. The fourth-order valence-electron chi connectivity index (χ4n) is 2.73. The molecule has 0 amide bonds. The lowest BCUT2D eigenvalue weighted by Crippen LogP contribution is -2.23. The van der Waals surface area contributed by atoms with E-state index in [0.717, 1.165) is 36.2 Å². The molecule has 2 aromatic heterocycles. The molecule has 0 spiro atoms. The predicted octanol–water partition coefficient (Wildman–Crippen LogP) is 2.27. The second-order valence-corrected chi connectivity index (χ2v) is 4.87. The molecule has 0 fully saturated rings. The third-order valence-corrected chi connectivity index (χ3v) is 3.72. The Balaban J connectivity index is 1.90. The first-order valence-electron chi connectivity index (χ1n) is 6.53. The molecule has 4 nitrogen and oxygen atoms in total. The summed E-state index contributed by atoms with van der Waals surface area (Å²) in [6.45, 7) is 2.03. The second kappa shape index (κ2) is 4.17. The number of hydrogen-bond acceptors (Lipinski definition) is 3. The Morgan fingerprint density at radius 2 is 2.05 bits per heavy atom. The van der Waals surface area contributed by atoms with Gasteiger partial charge in [-0.1, -0.05) is 12.1 Å². The maximum Gasteiger partial charge on any atom is 0.141 e. The van der Waals surface area contributed by atoms with E-state index in [4.69, 9.17) is 0 Å². The van der Waals surface area contributed by atoms with Gasteiger partial charge in [-0.05, 0) is 36.2 Å². The molecule has 0 saturated carbocycles. The van der Waals surface area contributed by atoms with Crippen molar-refractivity contribution in [1.82, 2.24) is 20.3 Å². The minimum atomic E-state index is 0.893. The first-order chi connectivity index (χ1) is 9.42. The van der Waals surface area contributed by atoms with Crippen molar-refractivity contribution in [2.75, 3.05) is 6.54 Å². The van der Waals surface area contributed by atoms with Crippen molar-refractivity contribution in [3.63, 3.8) is 0 Å². The van der Waals surface area contributed by atoms with Crippen LogP contribution in [0.15, 0.2) is 36.8 Å². The van der Waals surface area contributed by atoms with Crippen LogP contribution in [0.4, 0.5) is 0 Å². The smallest absolute Gasteiger partial charge is 0.141 e. The van der Waals surface area contributed by atoms with Crippen LogP contribution < -0.4 is 5.32 Å². The Labute approximate surface area is 110 Å². The van der Waals surface area contributed by atoms with Gasteiger partial charge in [-0.25, -0.2) is 9.97 Å². The summed E-state index contributed by atoms with van der Waals surface area (Å²) < 4.78 is 0. The molecule has 0 unspecified atom stereocenters. The predicted molar refractivity (Wildman–Crippen MR) is 74.7 cm³/mol. The maximum absolute atomic E-state index is 4.45. The lowest BCUT2D eigenvalue weighted by Gasteiger charge is -2.17. The molecule has 4 heteroatoms. The highest BCUT2D eigenvalue weighted by Crippen LogP contribution is 2.27. The van der Waals surface area contributed by atoms with Crippen LogP contribution in [0.2, 0.25) is 0 Å². The Hall–Kier alpha value is -2.20. The van der Waals surface area contributed by atoms with Crippen molar-refractivity contribution in [2.45, 2.75) is 13.0 Å². The van der Waals surface area contributed by atoms with Gasteiger partial charge in [-0.3, -0.25) is 0 Å². The highest BCUT2D eigenvalue weighted by Gasteiger charge is 2.12. The summed E-state index contributed by atoms with van der Waals surface area (Å²) in [4.78, 5) is 11.8. The second-order valence-electron chi connectivity index (χ2n) is 4.87. The molecule has 0 atom stereocenters. The molecule has 0 radical (unpaired) electrons. The molecule has 3 heterocycles. The number of H-pyrrole nitrogens is 1. The Morgan fingerprint density at radius 3 is 3.05 bits per heavy atom. The van der Waals surface area contributed by atoms with Crippen molar-refractivity contribution >= 4 is 11.0 Å². The van der Waals surface area contributed by atoms with E-state index in [0.29, 0.717) is 0 Å². The molecule has 19 heavy (non-hydrogen) atoms. The summed E-state index contributed by atoms with van der Waals surface area (Å²) in [5.74, 6) is 0. The Bertz CT molecular complexity index is 745. The Morgan fingerprint density at radius 1 is 1.05 bits per heavy atom. The first-order valence-corrected chi connectivity index (χ1v) is 6.53. The van der Waals surface area contributed by atoms with E-state index >= 15 is 0 Å². The normalized spacial score (nSPS) is 14.5. The third kappa shape index (κ3) is 1.72. The van der Waals surface area contributed by atoms with Gasteiger partial charge in [-0.2, -0.15) is 0 Å². The summed E-state index contributed by atoms with van der Waals surface area (Å²) in [7, 11) is 0. The van der Waals surface area contributed by atoms with Crippen molar-refractivity contribution in [3.05, 3.63) is 47.9 Å². The monoisotopic (exact) mass is 250 g/mol. The zero-order chi connectivity index (χ0) is 12.7. The summed E-state index contributed by atoms with van der Waals surface area (Å²) in [5.41, 5.74) is 5.90. The van der Waals surface area contributed by atoms with Gasteiger partial charge in [0.1, 0.15) is 12.0 Å². The van der Waals surface area contributed by atoms with Crippen LogP contribution in [0, 0.1) is 0 Å². The van der Waals surface area contributed by atoms with Crippen molar-refractivity contribution in [1.29, 1.82) is 0 Å². The summed E-state index contributed by atoms with van der Waals surface area (Å²) in [6.07, 6.45) is 4.62. The van der Waals surface area contributed by atoms with Gasteiger partial charge in [0.2, 0.25) is 0 Å². The number of aromatic nitrogens is 3. The molecule has 1 aromatic carbocycles. The number of aromatic amines is 1. The van der Waals surface area contributed by atoms with E-state index in [1.54, 1.807) is 6.33 Å². The topological polar surface area (TPSA) is 53.6 Å². The van der Waals surface area contributed by atoms with Crippen LogP contribution in [-0.2, 0) is 13.0 Å². The van der Waals surface area contributed by atoms with Gasteiger partial charge in [0.15, 0.2) is 0 Å². The number of fused-ring (bicyclic) bond motifs is 2. The maximum atomic E-state index is 4.45. The van der Waals surface area contributed by atoms with Crippen LogP contribution in [0.5, 0.6) is 0 Å². The summed E-state index contributed by atoms with van der Waals surface area (Å²) >= 11 is 0. The quantitative estimate of drug-likeness (QED) is 0.696. The summed E-state index contributed by atoms with van der Waals surface area (Å²) in [6, 6.07) is 8.66. The average Bonchev–Trinajstić information content (AvgIpc) is 2.95. The number of benzene rings is 1. The minimum Gasteiger partial charge on any atom is -0.346 e. The lowest BCUT2D eigenvalue weighted by atomic mass is 9.96. The molecule has 4 rings (SSSR count). The van der Waals surface area contributed by atoms with Crippen LogP contribution in [-0.4, -0.2) is 21.5 Å². The van der Waals surface area contributed by atoms with Crippen LogP contribution in [0.25, 0.3) is 22.3 Å². The molecule has 3 aromatic rings. The van der Waals surface area contributed by atoms with Crippen LogP contribution in [0.1, 0.15) is 11.1 Å². The Kier molecular flexibility index (Phi) is 2.35. The van der Waals surface area contributed by atoms with Gasteiger partial charge >= 0.3 is 0 Å². The molecule has 0 aliphatic carbocycles. The van der Waals surface area contributed by atoms with Gasteiger partial charge in [0.05, 0.1) is 5.69 Å².